The van der Waals surface area contributed by atoms with Crippen molar-refractivity contribution in [2.24, 2.45) is 0 Å². The summed E-state index contributed by atoms with van der Waals surface area (Å²) in [4.78, 5) is 37.0. The molecule has 5 nitrogen and oxygen atoms in total. The Hall–Kier alpha value is -2.38. The Morgan fingerprint density at radius 2 is 1.75 bits per heavy atom. The number of benzene rings is 2. The van der Waals surface area contributed by atoms with Gasteiger partial charge in [-0.1, -0.05) is 24.3 Å². The summed E-state index contributed by atoms with van der Waals surface area (Å²) >= 11 is 4.19. The Morgan fingerprint density at radius 3 is 2.38 bits per heavy atom. The minimum atomic E-state index is -1.02. The zero-order chi connectivity index (χ0) is 17.3. The van der Waals surface area contributed by atoms with Crippen molar-refractivity contribution >= 4 is 56.6 Å². The number of amides is 2. The van der Waals surface area contributed by atoms with E-state index in [0.717, 1.165) is 16.7 Å². The maximum absolute atomic E-state index is 12.5. The van der Waals surface area contributed by atoms with Gasteiger partial charge >= 0.3 is 5.97 Å². The highest BCUT2D eigenvalue weighted by Crippen LogP contribution is 2.38. The van der Waals surface area contributed by atoms with Crippen LogP contribution in [0.2, 0.25) is 0 Å². The molecule has 0 spiro atoms. The molecule has 1 N–H and O–H groups in total. The minimum Gasteiger partial charge on any atom is -0.478 e. The number of imide groups is 1. The van der Waals surface area contributed by atoms with Gasteiger partial charge in [-0.2, -0.15) is 0 Å². The van der Waals surface area contributed by atoms with Crippen LogP contribution in [0.5, 0.6) is 0 Å². The largest absolute Gasteiger partial charge is 0.478 e. The normalized spacial score (nSPS) is 16.0. The molecule has 120 valence electrons. The van der Waals surface area contributed by atoms with Gasteiger partial charge in [0, 0.05) is 4.47 Å². The van der Waals surface area contributed by atoms with E-state index in [0.29, 0.717) is 20.6 Å². The van der Waals surface area contributed by atoms with E-state index < -0.39 is 11.9 Å². The lowest BCUT2D eigenvalue weighted by Crippen LogP contribution is -2.27. The Kier molecular flexibility index (Phi) is 4.55. The number of carboxylic acids is 1. The SMILES string of the molecule is O=C(O)c1ccc(/C=C2/SC(=O)N(c3ccccc3Br)C2=O)cc1. The van der Waals surface area contributed by atoms with Crippen LogP contribution < -0.4 is 4.90 Å². The first-order chi connectivity index (χ1) is 11.5. The maximum Gasteiger partial charge on any atom is 0.335 e. The quantitative estimate of drug-likeness (QED) is 0.769. The summed E-state index contributed by atoms with van der Waals surface area (Å²) in [6, 6.07) is 13.1. The molecule has 3 rings (SSSR count). The van der Waals surface area contributed by atoms with Gasteiger partial charge < -0.3 is 5.11 Å². The zero-order valence-electron chi connectivity index (χ0n) is 12.1. The molecule has 0 atom stereocenters. The number of thioether (sulfide) groups is 1. The molecule has 7 heteroatoms. The van der Waals surface area contributed by atoms with Gasteiger partial charge in [0.05, 0.1) is 16.2 Å². The van der Waals surface area contributed by atoms with E-state index in [1.165, 1.54) is 12.1 Å². The number of hydrogen-bond donors (Lipinski definition) is 1. The second-order valence-electron chi connectivity index (χ2n) is 4.90. The molecular weight excluding hydrogens is 394 g/mol. The van der Waals surface area contributed by atoms with Crippen LogP contribution in [-0.2, 0) is 4.79 Å². The first-order valence-corrected chi connectivity index (χ1v) is 8.44. The number of carboxylic acid groups (broad SMARTS) is 1. The molecule has 0 unspecified atom stereocenters. The number of aromatic carboxylic acids is 1. The molecule has 0 bridgehead atoms. The smallest absolute Gasteiger partial charge is 0.335 e. The highest BCUT2D eigenvalue weighted by atomic mass is 79.9. The molecule has 1 aliphatic rings. The number of rotatable bonds is 3. The summed E-state index contributed by atoms with van der Waals surface area (Å²) in [5, 5.41) is 8.52. The number of carbonyl (C=O) groups is 3. The van der Waals surface area contributed by atoms with Gasteiger partial charge in [0.1, 0.15) is 0 Å². The lowest BCUT2D eigenvalue weighted by Gasteiger charge is -2.13. The molecule has 0 radical (unpaired) electrons. The summed E-state index contributed by atoms with van der Waals surface area (Å²) in [7, 11) is 0. The predicted octanol–water partition coefficient (Wildman–Crippen LogP) is 4.39. The van der Waals surface area contributed by atoms with E-state index in [1.54, 1.807) is 42.5 Å². The zero-order valence-corrected chi connectivity index (χ0v) is 14.5. The first-order valence-electron chi connectivity index (χ1n) is 6.83. The Balaban J connectivity index is 1.91. The highest BCUT2D eigenvalue weighted by molar-refractivity contribution is 9.10. The van der Waals surface area contributed by atoms with Crippen molar-refractivity contribution in [3.63, 3.8) is 0 Å². The van der Waals surface area contributed by atoms with Gasteiger partial charge in [0.2, 0.25) is 0 Å². The summed E-state index contributed by atoms with van der Waals surface area (Å²) in [5.41, 5.74) is 1.30. The van der Waals surface area contributed by atoms with Gasteiger partial charge in [-0.25, -0.2) is 9.69 Å². The van der Waals surface area contributed by atoms with Gasteiger partial charge in [0.25, 0.3) is 11.1 Å². The predicted molar refractivity (Wildman–Crippen MR) is 96.0 cm³/mol. The number of para-hydroxylation sites is 1. The van der Waals surface area contributed by atoms with Crippen LogP contribution in [-0.4, -0.2) is 22.2 Å². The van der Waals surface area contributed by atoms with E-state index in [2.05, 4.69) is 15.9 Å². The van der Waals surface area contributed by atoms with Gasteiger partial charge in [0.15, 0.2) is 0 Å². The van der Waals surface area contributed by atoms with Crippen LogP contribution in [0.25, 0.3) is 6.08 Å². The number of nitrogens with zero attached hydrogens (tertiary/aromatic N) is 1. The number of carbonyl (C=O) groups excluding carboxylic acids is 2. The third-order valence-electron chi connectivity index (χ3n) is 3.34. The fraction of sp³-hybridized carbons (Fsp3) is 0. The fourth-order valence-electron chi connectivity index (χ4n) is 2.18. The van der Waals surface area contributed by atoms with Crippen LogP contribution in [0.15, 0.2) is 57.9 Å². The van der Waals surface area contributed by atoms with E-state index >= 15 is 0 Å². The molecule has 1 fully saturated rings. The maximum atomic E-state index is 12.5. The van der Waals surface area contributed by atoms with Crippen molar-refractivity contribution in [2.75, 3.05) is 4.90 Å². The third kappa shape index (κ3) is 3.13. The van der Waals surface area contributed by atoms with Crippen LogP contribution >= 0.6 is 27.7 Å². The fourth-order valence-corrected chi connectivity index (χ4v) is 3.48. The van der Waals surface area contributed by atoms with Crippen molar-refractivity contribution in [1.82, 2.24) is 0 Å². The molecular formula is C17H10BrNO4S. The third-order valence-corrected chi connectivity index (χ3v) is 4.88. The van der Waals surface area contributed by atoms with Crippen molar-refractivity contribution < 1.29 is 19.5 Å². The number of anilines is 1. The number of hydrogen-bond acceptors (Lipinski definition) is 4. The standard InChI is InChI=1S/C17H10BrNO4S/c18-12-3-1-2-4-13(12)19-15(20)14(24-17(19)23)9-10-5-7-11(8-6-10)16(21)22/h1-9H,(H,21,22)/b14-9+. The Morgan fingerprint density at radius 1 is 1.08 bits per heavy atom. The van der Waals surface area contributed by atoms with Gasteiger partial charge in [-0.05, 0) is 63.6 Å². The van der Waals surface area contributed by atoms with Crippen molar-refractivity contribution in [2.45, 2.75) is 0 Å². The summed E-state index contributed by atoms with van der Waals surface area (Å²) in [5.74, 6) is -1.42. The topological polar surface area (TPSA) is 74.7 Å². The Bertz CT molecular complexity index is 876. The number of halogens is 1. The van der Waals surface area contributed by atoms with E-state index in [1.807, 2.05) is 0 Å². The van der Waals surface area contributed by atoms with Gasteiger partial charge in [-0.15, -0.1) is 0 Å². The Labute approximate surface area is 150 Å². The van der Waals surface area contributed by atoms with E-state index in [-0.39, 0.29) is 10.8 Å². The second-order valence-corrected chi connectivity index (χ2v) is 6.74. The molecule has 1 saturated heterocycles. The van der Waals surface area contributed by atoms with Crippen LogP contribution in [0.4, 0.5) is 10.5 Å². The van der Waals surface area contributed by atoms with Crippen LogP contribution in [0.3, 0.4) is 0 Å². The molecule has 2 aromatic rings. The average molecular weight is 404 g/mol. The molecule has 1 heterocycles. The molecule has 2 amide bonds. The van der Waals surface area contributed by atoms with E-state index in [4.69, 9.17) is 5.11 Å². The van der Waals surface area contributed by atoms with Crippen molar-refractivity contribution in [3.8, 4) is 0 Å². The van der Waals surface area contributed by atoms with Crippen LogP contribution in [0, 0.1) is 0 Å². The van der Waals surface area contributed by atoms with E-state index in [9.17, 15) is 14.4 Å². The highest BCUT2D eigenvalue weighted by Gasteiger charge is 2.37. The molecule has 1 aliphatic heterocycles. The molecule has 2 aromatic carbocycles. The minimum absolute atomic E-state index is 0.161. The van der Waals surface area contributed by atoms with Crippen LogP contribution in [0.1, 0.15) is 15.9 Å². The monoisotopic (exact) mass is 403 g/mol. The summed E-state index contributed by atoms with van der Waals surface area (Å²) < 4.78 is 0.652. The molecule has 0 aromatic heterocycles. The lowest BCUT2D eigenvalue weighted by atomic mass is 10.1. The lowest BCUT2D eigenvalue weighted by molar-refractivity contribution is -0.113. The second kappa shape index (κ2) is 6.62. The molecule has 0 saturated carbocycles. The molecule has 24 heavy (non-hydrogen) atoms. The van der Waals surface area contributed by atoms with Crippen molar-refractivity contribution in [1.29, 1.82) is 0 Å². The molecule has 0 aliphatic carbocycles. The van der Waals surface area contributed by atoms with Gasteiger partial charge in [-0.3, -0.25) is 9.59 Å². The van der Waals surface area contributed by atoms with Crippen molar-refractivity contribution in [3.05, 3.63) is 69.0 Å². The first kappa shape index (κ1) is 16.5. The summed E-state index contributed by atoms with van der Waals surface area (Å²) in [6.45, 7) is 0. The summed E-state index contributed by atoms with van der Waals surface area (Å²) in [6.07, 6.45) is 1.58. The average Bonchev–Trinajstić information content (AvgIpc) is 2.83.